The van der Waals surface area contributed by atoms with Crippen molar-refractivity contribution in [3.63, 3.8) is 0 Å². The molecule has 0 radical (unpaired) electrons. The maximum atomic E-state index is 12.6. The average Bonchev–Trinajstić information content (AvgIpc) is 3.00. The molecule has 2 aromatic carbocycles. The summed E-state index contributed by atoms with van der Waals surface area (Å²) in [6.07, 6.45) is 3.06. The van der Waals surface area contributed by atoms with Gasteiger partial charge in [-0.05, 0) is 42.3 Å². The fourth-order valence-electron chi connectivity index (χ4n) is 2.63. The smallest absolute Gasteiger partial charge is 0.261 e. The van der Waals surface area contributed by atoms with Gasteiger partial charge < -0.3 is 5.73 Å². The fraction of sp³-hybridized carbons (Fsp3) is 0.211. The number of halogens is 3. The molecule has 1 aromatic heterocycles. The van der Waals surface area contributed by atoms with E-state index in [0.29, 0.717) is 27.7 Å². The lowest BCUT2D eigenvalue weighted by atomic mass is 10.1. The summed E-state index contributed by atoms with van der Waals surface area (Å²) in [6.45, 7) is 1.88. The molecule has 29 heavy (non-hydrogen) atoms. The van der Waals surface area contributed by atoms with Gasteiger partial charge in [0.2, 0.25) is 5.91 Å². The largest absolute Gasteiger partial charge is 0.320 e. The van der Waals surface area contributed by atoms with Crippen LogP contribution in [0.15, 0.2) is 42.6 Å². The molecule has 6 nitrogen and oxygen atoms in total. The summed E-state index contributed by atoms with van der Waals surface area (Å²) < 4.78 is 27.4. The fourth-order valence-corrected chi connectivity index (χ4v) is 3.10. The lowest BCUT2D eigenvalue weighted by Crippen LogP contribution is -2.33. The molecule has 0 aliphatic heterocycles. The molecule has 0 amide bonds. The third-order valence-electron chi connectivity index (χ3n) is 3.99. The molecular formula is C19H19Cl3N2O4S. The van der Waals surface area contributed by atoms with Gasteiger partial charge in [-0.1, -0.05) is 47.8 Å². The number of rotatable bonds is 3. The van der Waals surface area contributed by atoms with Crippen LogP contribution in [0.4, 0.5) is 0 Å². The molecule has 10 heteroatoms. The van der Waals surface area contributed by atoms with Crippen molar-refractivity contribution in [1.82, 2.24) is 4.57 Å². The number of fused-ring (bicyclic) bond motifs is 1. The Bertz CT molecular complexity index is 1150. The Morgan fingerprint density at radius 2 is 1.76 bits per heavy atom. The summed E-state index contributed by atoms with van der Waals surface area (Å²) in [6, 6.07) is 10.2. The van der Waals surface area contributed by atoms with E-state index < -0.39 is 16.2 Å². The molecule has 3 N–H and O–H groups in total. The van der Waals surface area contributed by atoms with E-state index in [1.807, 2.05) is 25.1 Å². The summed E-state index contributed by atoms with van der Waals surface area (Å²) in [7, 11) is -3.67. The minimum absolute atomic E-state index is 0.156. The van der Waals surface area contributed by atoms with Gasteiger partial charge >= 0.3 is 0 Å². The van der Waals surface area contributed by atoms with Gasteiger partial charge in [-0.2, -0.15) is 8.42 Å². The number of carbonyl (C=O) groups is 1. The lowest BCUT2D eigenvalue weighted by Gasteiger charge is -2.09. The number of hydrogen-bond donors (Lipinski definition) is 2. The zero-order valence-electron chi connectivity index (χ0n) is 15.6. The SMILES string of the molecule is CC[C@H](N)C(=O)n1cc(-c2ccc(Cl)c(Cl)c2)c2cc(Cl)ccc21.CS(=O)(=O)O. The molecule has 3 aromatic rings. The van der Waals surface area contributed by atoms with Gasteiger partial charge in [0.1, 0.15) is 0 Å². The second-order valence-corrected chi connectivity index (χ2v) is 9.01. The number of carbonyl (C=O) groups excluding carboxylic acids is 1. The molecule has 0 spiro atoms. The number of nitrogens with zero attached hydrogens (tertiary/aromatic N) is 1. The van der Waals surface area contributed by atoms with Crippen LogP contribution in [0.2, 0.25) is 15.1 Å². The van der Waals surface area contributed by atoms with Crippen LogP contribution in [-0.2, 0) is 10.1 Å². The molecule has 0 aliphatic carbocycles. The Balaban J connectivity index is 0.000000537. The predicted octanol–water partition coefficient (Wildman–Crippen LogP) is 5.15. The van der Waals surface area contributed by atoms with E-state index in [2.05, 4.69) is 0 Å². The van der Waals surface area contributed by atoms with Crippen molar-refractivity contribution in [2.24, 2.45) is 5.73 Å². The van der Waals surface area contributed by atoms with Gasteiger partial charge in [0.15, 0.2) is 0 Å². The monoisotopic (exact) mass is 476 g/mol. The molecule has 0 fully saturated rings. The van der Waals surface area contributed by atoms with E-state index in [0.717, 1.165) is 22.0 Å². The topological polar surface area (TPSA) is 102 Å². The van der Waals surface area contributed by atoms with Gasteiger partial charge in [0.05, 0.1) is 27.9 Å². The second kappa shape index (κ2) is 9.47. The molecule has 156 valence electrons. The average molecular weight is 478 g/mol. The Morgan fingerprint density at radius 1 is 1.14 bits per heavy atom. The van der Waals surface area contributed by atoms with Crippen LogP contribution >= 0.6 is 34.8 Å². The highest BCUT2D eigenvalue weighted by atomic mass is 35.5. The maximum absolute atomic E-state index is 12.6. The van der Waals surface area contributed by atoms with Gasteiger partial charge in [0, 0.05) is 22.2 Å². The van der Waals surface area contributed by atoms with E-state index in [4.69, 9.17) is 45.1 Å². The van der Waals surface area contributed by atoms with Crippen LogP contribution < -0.4 is 5.73 Å². The van der Waals surface area contributed by atoms with Crippen molar-refractivity contribution in [3.8, 4) is 11.1 Å². The Hall–Kier alpha value is -1.61. The summed E-state index contributed by atoms with van der Waals surface area (Å²) >= 11 is 18.3. The minimum Gasteiger partial charge on any atom is -0.320 e. The summed E-state index contributed by atoms with van der Waals surface area (Å²) in [5.74, 6) is -0.156. The second-order valence-electron chi connectivity index (χ2n) is 6.29. The lowest BCUT2D eigenvalue weighted by molar-refractivity contribution is 0.0883. The zero-order valence-corrected chi connectivity index (χ0v) is 18.6. The third-order valence-corrected chi connectivity index (χ3v) is 4.97. The standard InChI is InChI=1S/C18H15Cl3N2O.CH4O3S/c1-2-16(22)18(24)23-9-13(10-3-5-14(20)15(21)7-10)12-8-11(19)4-6-17(12)23;1-5(2,3)4/h3-9,16H,2,22H2,1H3;1H3,(H,2,3,4)/t16-;/m0./s1. The van der Waals surface area contributed by atoms with Crippen molar-refractivity contribution in [3.05, 3.63) is 57.7 Å². The number of nitrogens with two attached hydrogens (primary N) is 1. The predicted molar refractivity (Wildman–Crippen MR) is 119 cm³/mol. The molecule has 0 unspecified atom stereocenters. The first kappa shape index (κ1) is 23.7. The number of aromatic nitrogens is 1. The van der Waals surface area contributed by atoms with Crippen molar-refractivity contribution in [1.29, 1.82) is 0 Å². The van der Waals surface area contributed by atoms with E-state index in [1.54, 1.807) is 29.0 Å². The van der Waals surface area contributed by atoms with Crippen LogP contribution in [0, 0.1) is 0 Å². The first-order chi connectivity index (χ1) is 13.4. The van der Waals surface area contributed by atoms with Crippen molar-refractivity contribution in [2.75, 3.05) is 6.26 Å². The maximum Gasteiger partial charge on any atom is 0.261 e. The highest BCUT2D eigenvalue weighted by Gasteiger charge is 2.19. The van der Waals surface area contributed by atoms with E-state index in [9.17, 15) is 13.2 Å². The first-order valence-electron chi connectivity index (χ1n) is 8.40. The van der Waals surface area contributed by atoms with Crippen molar-refractivity contribution in [2.45, 2.75) is 19.4 Å². The number of hydrogen-bond acceptors (Lipinski definition) is 4. The van der Waals surface area contributed by atoms with Gasteiger partial charge in [-0.15, -0.1) is 0 Å². The highest BCUT2D eigenvalue weighted by molar-refractivity contribution is 7.85. The molecule has 1 atom stereocenters. The Kier molecular flexibility index (Phi) is 7.73. The Labute approximate surface area is 183 Å². The van der Waals surface area contributed by atoms with Crippen LogP contribution in [-0.4, -0.2) is 35.7 Å². The number of benzene rings is 2. The molecular weight excluding hydrogens is 459 g/mol. The van der Waals surface area contributed by atoms with Crippen molar-refractivity contribution < 1.29 is 17.8 Å². The van der Waals surface area contributed by atoms with Crippen LogP contribution in [0.3, 0.4) is 0 Å². The molecule has 0 saturated carbocycles. The van der Waals surface area contributed by atoms with Crippen LogP contribution in [0.5, 0.6) is 0 Å². The molecule has 1 heterocycles. The third kappa shape index (κ3) is 6.18. The highest BCUT2D eigenvalue weighted by Crippen LogP contribution is 2.35. The molecule has 0 bridgehead atoms. The first-order valence-corrected chi connectivity index (χ1v) is 11.4. The summed E-state index contributed by atoms with van der Waals surface area (Å²) in [4.78, 5) is 12.6. The molecule has 0 aliphatic rings. The van der Waals surface area contributed by atoms with Gasteiger partial charge in [-0.3, -0.25) is 13.9 Å². The quantitative estimate of drug-likeness (QED) is 0.508. The normalized spacial score (nSPS) is 12.4. The van der Waals surface area contributed by atoms with Crippen LogP contribution in [0.1, 0.15) is 18.1 Å². The van der Waals surface area contributed by atoms with E-state index >= 15 is 0 Å². The summed E-state index contributed by atoms with van der Waals surface area (Å²) in [5, 5.41) is 2.38. The molecule has 3 rings (SSSR count). The Morgan fingerprint density at radius 3 is 2.31 bits per heavy atom. The molecule has 0 saturated heterocycles. The van der Waals surface area contributed by atoms with Gasteiger partial charge in [-0.25, -0.2) is 0 Å². The summed E-state index contributed by atoms with van der Waals surface area (Å²) in [5.41, 5.74) is 8.39. The van der Waals surface area contributed by atoms with E-state index in [-0.39, 0.29) is 5.91 Å². The van der Waals surface area contributed by atoms with Gasteiger partial charge in [0.25, 0.3) is 10.1 Å². The zero-order chi connectivity index (χ0) is 21.9. The van der Waals surface area contributed by atoms with E-state index in [1.165, 1.54) is 0 Å². The van der Waals surface area contributed by atoms with Crippen molar-refractivity contribution >= 4 is 61.7 Å². The van der Waals surface area contributed by atoms with Crippen LogP contribution in [0.25, 0.3) is 22.0 Å². The minimum atomic E-state index is -3.67.